The van der Waals surface area contributed by atoms with Gasteiger partial charge in [0, 0.05) is 28.0 Å². The van der Waals surface area contributed by atoms with E-state index in [-0.39, 0.29) is 5.69 Å². The van der Waals surface area contributed by atoms with Gasteiger partial charge in [0.1, 0.15) is 5.82 Å². The molecule has 0 bridgehead atoms. The van der Waals surface area contributed by atoms with E-state index in [1.807, 2.05) is 18.4 Å². The Labute approximate surface area is 122 Å². The summed E-state index contributed by atoms with van der Waals surface area (Å²) in [5.74, 6) is 0.850. The third-order valence-corrected chi connectivity index (χ3v) is 4.52. The van der Waals surface area contributed by atoms with E-state index in [2.05, 4.69) is 26.1 Å². The minimum absolute atomic E-state index is 0.0596. The van der Waals surface area contributed by atoms with Crippen LogP contribution in [0, 0.1) is 17.0 Å². The van der Waals surface area contributed by atoms with Gasteiger partial charge in [0.15, 0.2) is 5.16 Å². The highest BCUT2D eigenvalue weighted by Gasteiger charge is 2.13. The fourth-order valence-electron chi connectivity index (χ4n) is 1.59. The summed E-state index contributed by atoms with van der Waals surface area (Å²) in [7, 11) is 0. The molecule has 0 fully saturated rings. The highest BCUT2D eigenvalue weighted by Crippen LogP contribution is 2.34. The molecule has 0 radical (unpaired) electrons. The number of nitrogens with zero attached hydrogens (tertiary/aromatic N) is 4. The molecule has 2 rings (SSSR count). The molecule has 100 valence electrons. The van der Waals surface area contributed by atoms with Crippen molar-refractivity contribution in [1.29, 1.82) is 0 Å². The zero-order valence-electron chi connectivity index (χ0n) is 10.3. The van der Waals surface area contributed by atoms with Crippen LogP contribution in [0.4, 0.5) is 5.69 Å². The van der Waals surface area contributed by atoms with Crippen LogP contribution in [0.2, 0.25) is 0 Å². The van der Waals surface area contributed by atoms with Gasteiger partial charge >= 0.3 is 0 Å². The standard InChI is InChI=1S/C11H11BrN4O2S/c1-3-15-7(2)13-14-11(15)19-10-5-4-8(16(17)18)6-9(10)12/h4-6H,3H2,1-2H3. The number of halogens is 1. The minimum Gasteiger partial charge on any atom is -0.306 e. The van der Waals surface area contributed by atoms with Crippen molar-refractivity contribution in [2.75, 3.05) is 0 Å². The Morgan fingerprint density at radius 3 is 2.79 bits per heavy atom. The number of hydrogen-bond donors (Lipinski definition) is 0. The van der Waals surface area contributed by atoms with Crippen molar-refractivity contribution in [3.8, 4) is 0 Å². The molecule has 0 saturated heterocycles. The number of rotatable bonds is 4. The molecular formula is C11H11BrN4O2S. The summed E-state index contributed by atoms with van der Waals surface area (Å²) in [6.45, 7) is 4.70. The van der Waals surface area contributed by atoms with Crippen LogP contribution >= 0.6 is 27.7 Å². The van der Waals surface area contributed by atoms with E-state index in [1.165, 1.54) is 23.9 Å². The first kappa shape index (κ1) is 14.0. The molecule has 0 aliphatic rings. The van der Waals surface area contributed by atoms with Crippen LogP contribution in [-0.4, -0.2) is 19.7 Å². The lowest BCUT2D eigenvalue weighted by molar-refractivity contribution is -0.385. The van der Waals surface area contributed by atoms with E-state index < -0.39 is 4.92 Å². The van der Waals surface area contributed by atoms with Crippen molar-refractivity contribution in [3.63, 3.8) is 0 Å². The number of nitro benzene ring substituents is 1. The maximum absolute atomic E-state index is 10.7. The predicted molar refractivity (Wildman–Crippen MR) is 75.4 cm³/mol. The Hall–Kier alpha value is -1.41. The molecule has 8 heteroatoms. The third kappa shape index (κ3) is 2.95. The van der Waals surface area contributed by atoms with Crippen molar-refractivity contribution in [1.82, 2.24) is 14.8 Å². The molecule has 0 aliphatic heterocycles. The van der Waals surface area contributed by atoms with Crippen LogP contribution in [0.1, 0.15) is 12.7 Å². The fraction of sp³-hybridized carbons (Fsp3) is 0.273. The van der Waals surface area contributed by atoms with Gasteiger partial charge in [-0.05, 0) is 47.6 Å². The average molecular weight is 343 g/mol. The van der Waals surface area contributed by atoms with Gasteiger partial charge in [0.05, 0.1) is 4.92 Å². The smallest absolute Gasteiger partial charge is 0.270 e. The topological polar surface area (TPSA) is 73.8 Å². The first-order chi connectivity index (χ1) is 9.02. The number of aromatic nitrogens is 3. The zero-order chi connectivity index (χ0) is 14.0. The Kier molecular flexibility index (Phi) is 4.20. The second-order valence-electron chi connectivity index (χ2n) is 3.75. The van der Waals surface area contributed by atoms with E-state index in [9.17, 15) is 10.1 Å². The van der Waals surface area contributed by atoms with Gasteiger partial charge in [0.25, 0.3) is 5.69 Å². The van der Waals surface area contributed by atoms with E-state index in [1.54, 1.807) is 6.07 Å². The van der Waals surface area contributed by atoms with E-state index in [0.717, 1.165) is 22.4 Å². The molecule has 0 atom stereocenters. The number of aryl methyl sites for hydroxylation is 1. The van der Waals surface area contributed by atoms with Crippen LogP contribution in [0.15, 0.2) is 32.7 Å². The van der Waals surface area contributed by atoms with Crippen LogP contribution < -0.4 is 0 Å². The molecule has 0 spiro atoms. The van der Waals surface area contributed by atoms with Crippen LogP contribution in [0.3, 0.4) is 0 Å². The summed E-state index contributed by atoms with van der Waals surface area (Å²) in [5.41, 5.74) is 0.0596. The molecule has 19 heavy (non-hydrogen) atoms. The van der Waals surface area contributed by atoms with Crippen molar-refractivity contribution in [2.45, 2.75) is 30.4 Å². The van der Waals surface area contributed by atoms with Gasteiger partial charge in [-0.15, -0.1) is 10.2 Å². The highest BCUT2D eigenvalue weighted by atomic mass is 79.9. The lowest BCUT2D eigenvalue weighted by atomic mass is 10.3. The molecule has 0 saturated carbocycles. The van der Waals surface area contributed by atoms with Gasteiger partial charge in [-0.2, -0.15) is 0 Å². The van der Waals surface area contributed by atoms with E-state index in [4.69, 9.17) is 0 Å². The molecule has 0 unspecified atom stereocenters. The molecule has 1 aromatic heterocycles. The Balaban J connectivity index is 2.31. The van der Waals surface area contributed by atoms with Gasteiger partial charge in [-0.1, -0.05) is 0 Å². The average Bonchev–Trinajstić information content (AvgIpc) is 2.72. The Morgan fingerprint density at radius 1 is 1.47 bits per heavy atom. The molecular weight excluding hydrogens is 332 g/mol. The Morgan fingerprint density at radius 2 is 2.21 bits per heavy atom. The largest absolute Gasteiger partial charge is 0.306 e. The zero-order valence-corrected chi connectivity index (χ0v) is 12.7. The maximum Gasteiger partial charge on any atom is 0.270 e. The second-order valence-corrected chi connectivity index (χ2v) is 5.61. The Bertz CT molecular complexity index is 629. The van der Waals surface area contributed by atoms with Crippen LogP contribution in [0.25, 0.3) is 0 Å². The van der Waals surface area contributed by atoms with Gasteiger partial charge in [0.2, 0.25) is 0 Å². The number of nitro groups is 1. The predicted octanol–water partition coefficient (Wildman–Crippen LogP) is 3.43. The summed E-state index contributed by atoms with van der Waals surface area (Å²) in [5, 5.41) is 19.6. The van der Waals surface area contributed by atoms with Crippen molar-refractivity contribution in [3.05, 3.63) is 38.6 Å². The number of benzene rings is 1. The van der Waals surface area contributed by atoms with Gasteiger partial charge in [-0.3, -0.25) is 10.1 Å². The molecule has 2 aromatic rings. The van der Waals surface area contributed by atoms with Crippen molar-refractivity contribution in [2.24, 2.45) is 0 Å². The highest BCUT2D eigenvalue weighted by molar-refractivity contribution is 9.10. The van der Waals surface area contributed by atoms with Crippen LogP contribution in [-0.2, 0) is 6.54 Å². The molecule has 1 heterocycles. The van der Waals surface area contributed by atoms with Gasteiger partial charge < -0.3 is 4.57 Å². The van der Waals surface area contributed by atoms with Crippen molar-refractivity contribution < 1.29 is 4.92 Å². The number of hydrogen-bond acceptors (Lipinski definition) is 5. The van der Waals surface area contributed by atoms with E-state index in [0.29, 0.717) is 4.47 Å². The fourth-order valence-corrected chi connectivity index (χ4v) is 3.14. The molecule has 0 amide bonds. The monoisotopic (exact) mass is 342 g/mol. The molecule has 0 aliphatic carbocycles. The maximum atomic E-state index is 10.7. The summed E-state index contributed by atoms with van der Waals surface area (Å²) in [6.07, 6.45) is 0. The number of non-ortho nitro benzene ring substituents is 1. The molecule has 6 nitrogen and oxygen atoms in total. The first-order valence-corrected chi connectivity index (χ1v) is 7.15. The van der Waals surface area contributed by atoms with Crippen LogP contribution in [0.5, 0.6) is 0 Å². The van der Waals surface area contributed by atoms with Gasteiger partial charge in [-0.25, -0.2) is 0 Å². The first-order valence-electron chi connectivity index (χ1n) is 5.54. The minimum atomic E-state index is -0.419. The molecule has 0 N–H and O–H groups in total. The lowest BCUT2D eigenvalue weighted by Gasteiger charge is -2.06. The SMILES string of the molecule is CCn1c(C)nnc1Sc1ccc([N+](=O)[O-])cc1Br. The summed E-state index contributed by atoms with van der Waals surface area (Å²) in [4.78, 5) is 11.1. The summed E-state index contributed by atoms with van der Waals surface area (Å²) in [6, 6.07) is 4.67. The molecule has 1 aromatic carbocycles. The van der Waals surface area contributed by atoms with Crippen molar-refractivity contribution >= 4 is 33.4 Å². The van der Waals surface area contributed by atoms with E-state index >= 15 is 0 Å². The summed E-state index contributed by atoms with van der Waals surface area (Å²) < 4.78 is 2.66. The third-order valence-electron chi connectivity index (χ3n) is 2.55. The lowest BCUT2D eigenvalue weighted by Crippen LogP contribution is -1.98. The quantitative estimate of drug-likeness (QED) is 0.628. The second kappa shape index (κ2) is 5.70. The normalized spacial score (nSPS) is 10.7. The summed E-state index contributed by atoms with van der Waals surface area (Å²) >= 11 is 4.77.